The van der Waals surface area contributed by atoms with Gasteiger partial charge in [-0.1, -0.05) is 26.0 Å². The van der Waals surface area contributed by atoms with Crippen molar-refractivity contribution in [3.63, 3.8) is 0 Å². The second-order valence-corrected chi connectivity index (χ2v) is 7.29. The molecule has 0 aromatic heterocycles. The fourth-order valence-corrected chi connectivity index (χ4v) is 3.03. The lowest BCUT2D eigenvalue weighted by Gasteiger charge is -2.27. The van der Waals surface area contributed by atoms with Gasteiger partial charge in [-0.05, 0) is 23.6 Å². The molecule has 2 amide bonds. The lowest BCUT2D eigenvalue weighted by Crippen LogP contribution is -2.52. The van der Waals surface area contributed by atoms with Crippen LogP contribution in [-0.2, 0) is 14.3 Å². The molecular formula is C20H33ClN6O3. The van der Waals surface area contributed by atoms with Crippen molar-refractivity contribution in [1.82, 2.24) is 15.5 Å². The first kappa shape index (κ1) is 25.7. The summed E-state index contributed by atoms with van der Waals surface area (Å²) in [6.07, 6.45) is 1.53. The van der Waals surface area contributed by atoms with Crippen LogP contribution in [0.4, 0.5) is 5.69 Å². The third-order valence-corrected chi connectivity index (χ3v) is 4.66. The number of carbonyl (C=O) groups is 2. The quantitative estimate of drug-likeness (QED) is 0.237. The van der Waals surface area contributed by atoms with E-state index in [1.165, 1.54) is 6.21 Å². The van der Waals surface area contributed by atoms with Gasteiger partial charge in [0.05, 0.1) is 26.0 Å². The van der Waals surface area contributed by atoms with E-state index >= 15 is 0 Å². The third kappa shape index (κ3) is 8.98. The molecule has 1 aliphatic heterocycles. The maximum absolute atomic E-state index is 12.5. The van der Waals surface area contributed by atoms with E-state index in [4.69, 9.17) is 10.6 Å². The third-order valence-electron chi connectivity index (χ3n) is 4.66. The highest BCUT2D eigenvalue weighted by Gasteiger charge is 2.24. The molecule has 1 aromatic carbocycles. The van der Waals surface area contributed by atoms with Crippen molar-refractivity contribution in [2.45, 2.75) is 19.9 Å². The largest absolute Gasteiger partial charge is 0.379 e. The number of nitrogens with two attached hydrogens (primary N) is 1. The number of nitrogens with zero attached hydrogens (tertiary/aromatic N) is 2. The summed E-state index contributed by atoms with van der Waals surface area (Å²) in [6.45, 7) is 8.43. The zero-order valence-electron chi connectivity index (χ0n) is 17.6. The first-order valence-electron chi connectivity index (χ1n) is 9.94. The van der Waals surface area contributed by atoms with Gasteiger partial charge in [0.25, 0.3) is 0 Å². The van der Waals surface area contributed by atoms with Crippen LogP contribution in [0.1, 0.15) is 19.4 Å². The smallest absolute Gasteiger partial charge is 0.242 e. The summed E-state index contributed by atoms with van der Waals surface area (Å²) < 4.78 is 5.32. The maximum Gasteiger partial charge on any atom is 0.242 e. The van der Waals surface area contributed by atoms with Gasteiger partial charge < -0.3 is 26.5 Å². The highest BCUT2D eigenvalue weighted by atomic mass is 35.5. The molecule has 1 unspecified atom stereocenters. The van der Waals surface area contributed by atoms with E-state index in [0.717, 1.165) is 44.1 Å². The molecule has 1 aromatic rings. The Morgan fingerprint density at radius 1 is 1.30 bits per heavy atom. The average Bonchev–Trinajstić information content (AvgIpc) is 2.71. The van der Waals surface area contributed by atoms with Gasteiger partial charge in [-0.25, -0.2) is 0 Å². The molecule has 0 radical (unpaired) electrons. The van der Waals surface area contributed by atoms with Crippen LogP contribution in [0.2, 0.25) is 0 Å². The molecule has 9 nitrogen and oxygen atoms in total. The van der Waals surface area contributed by atoms with Gasteiger partial charge in [0.1, 0.15) is 6.04 Å². The van der Waals surface area contributed by atoms with Crippen LogP contribution >= 0.6 is 12.4 Å². The van der Waals surface area contributed by atoms with Crippen LogP contribution in [0, 0.1) is 5.92 Å². The molecule has 10 heteroatoms. The number of amides is 2. The van der Waals surface area contributed by atoms with Crippen molar-refractivity contribution in [3.05, 3.63) is 29.8 Å². The molecule has 0 aliphatic carbocycles. The number of ether oxygens (including phenoxy) is 1. The Balaban J connectivity index is 0.00000450. The van der Waals surface area contributed by atoms with Crippen LogP contribution in [-0.4, -0.2) is 74.9 Å². The number of morpholine rings is 1. The number of rotatable bonds is 10. The number of benzene rings is 1. The molecule has 5 N–H and O–H groups in total. The molecule has 168 valence electrons. The van der Waals surface area contributed by atoms with E-state index in [-0.39, 0.29) is 36.7 Å². The number of nitrogens with one attached hydrogen (secondary N) is 3. The standard InChI is InChI=1S/C20H32N6O3.ClH/c1-15(2)19(20(28)22-6-7-26-8-10-29-11-9-26)25-18(27)14-23-17-5-3-4-16(12-17)13-24-21;/h3-5,12-13,15,19,23H,6-11,14,21H2,1-2H3,(H,22,28)(H,25,27);1H. The van der Waals surface area contributed by atoms with Crippen molar-refractivity contribution in [3.8, 4) is 0 Å². The Morgan fingerprint density at radius 3 is 2.70 bits per heavy atom. The van der Waals surface area contributed by atoms with Gasteiger partial charge in [0, 0.05) is 31.9 Å². The average molecular weight is 441 g/mol. The first-order valence-corrected chi connectivity index (χ1v) is 9.94. The molecule has 1 saturated heterocycles. The minimum absolute atomic E-state index is 0. The van der Waals surface area contributed by atoms with Gasteiger partial charge in [0.15, 0.2) is 0 Å². The number of hydrazone groups is 1. The van der Waals surface area contributed by atoms with Gasteiger partial charge >= 0.3 is 0 Å². The molecule has 1 heterocycles. The van der Waals surface area contributed by atoms with E-state index in [0.29, 0.717) is 6.54 Å². The highest BCUT2D eigenvalue weighted by Crippen LogP contribution is 2.09. The summed E-state index contributed by atoms with van der Waals surface area (Å²) in [5, 5.41) is 12.3. The Bertz CT molecular complexity index is 695. The lowest BCUT2D eigenvalue weighted by molar-refractivity contribution is -0.129. The highest BCUT2D eigenvalue weighted by molar-refractivity contribution is 5.89. The van der Waals surface area contributed by atoms with E-state index < -0.39 is 6.04 Å². The van der Waals surface area contributed by atoms with Crippen LogP contribution in [0.25, 0.3) is 0 Å². The van der Waals surface area contributed by atoms with Crippen LogP contribution in [0.15, 0.2) is 29.4 Å². The minimum atomic E-state index is -0.579. The predicted molar refractivity (Wildman–Crippen MR) is 121 cm³/mol. The van der Waals surface area contributed by atoms with Crippen molar-refractivity contribution >= 4 is 36.1 Å². The summed E-state index contributed by atoms with van der Waals surface area (Å²) in [5.41, 5.74) is 1.60. The van der Waals surface area contributed by atoms with Crippen LogP contribution < -0.4 is 21.8 Å². The topological polar surface area (TPSA) is 121 Å². The Hall–Kier alpha value is -2.36. The predicted octanol–water partition coefficient (Wildman–Crippen LogP) is 0.402. The van der Waals surface area contributed by atoms with Gasteiger partial charge in [-0.2, -0.15) is 5.10 Å². The zero-order valence-corrected chi connectivity index (χ0v) is 18.4. The fourth-order valence-electron chi connectivity index (χ4n) is 3.03. The lowest BCUT2D eigenvalue weighted by atomic mass is 10.0. The molecule has 1 aliphatic rings. The Kier molecular flexibility index (Phi) is 11.8. The van der Waals surface area contributed by atoms with Crippen molar-refractivity contribution in [1.29, 1.82) is 0 Å². The van der Waals surface area contributed by atoms with Crippen LogP contribution in [0.3, 0.4) is 0 Å². The normalized spacial score (nSPS) is 15.4. The molecule has 2 rings (SSSR count). The van der Waals surface area contributed by atoms with Crippen molar-refractivity contribution < 1.29 is 14.3 Å². The number of hydrogen-bond donors (Lipinski definition) is 4. The molecule has 0 saturated carbocycles. The molecule has 1 atom stereocenters. The van der Waals surface area contributed by atoms with Gasteiger partial charge in [0.2, 0.25) is 11.8 Å². The van der Waals surface area contributed by atoms with Gasteiger partial charge in [-0.3, -0.25) is 14.5 Å². The Morgan fingerprint density at radius 2 is 2.03 bits per heavy atom. The summed E-state index contributed by atoms with van der Waals surface area (Å²) >= 11 is 0. The summed E-state index contributed by atoms with van der Waals surface area (Å²) in [5.74, 6) is 4.73. The van der Waals surface area contributed by atoms with E-state index in [1.807, 2.05) is 38.1 Å². The fraction of sp³-hybridized carbons (Fsp3) is 0.550. The van der Waals surface area contributed by atoms with E-state index in [2.05, 4.69) is 26.0 Å². The van der Waals surface area contributed by atoms with Gasteiger partial charge in [-0.15, -0.1) is 12.4 Å². The number of carbonyl (C=O) groups excluding carboxylic acids is 2. The van der Waals surface area contributed by atoms with E-state index in [9.17, 15) is 9.59 Å². The van der Waals surface area contributed by atoms with Crippen LogP contribution in [0.5, 0.6) is 0 Å². The summed E-state index contributed by atoms with van der Waals surface area (Å²) in [7, 11) is 0. The van der Waals surface area contributed by atoms with Crippen molar-refractivity contribution in [2.24, 2.45) is 16.9 Å². The number of anilines is 1. The second kappa shape index (κ2) is 13.8. The summed E-state index contributed by atoms with van der Waals surface area (Å²) in [4.78, 5) is 27.1. The Labute approximate surface area is 184 Å². The molecule has 0 spiro atoms. The maximum atomic E-state index is 12.5. The second-order valence-electron chi connectivity index (χ2n) is 7.29. The first-order chi connectivity index (χ1) is 14.0. The van der Waals surface area contributed by atoms with E-state index in [1.54, 1.807) is 0 Å². The molecule has 0 bridgehead atoms. The zero-order chi connectivity index (χ0) is 21.1. The SMILES string of the molecule is CC(C)C(NC(=O)CNc1cccc(C=NN)c1)C(=O)NCCN1CCOCC1.Cl. The minimum Gasteiger partial charge on any atom is -0.379 e. The number of halogens is 1. The van der Waals surface area contributed by atoms with Crippen molar-refractivity contribution in [2.75, 3.05) is 51.3 Å². The summed E-state index contributed by atoms with van der Waals surface area (Å²) in [6, 6.07) is 6.81. The molecule has 30 heavy (non-hydrogen) atoms. The molecule has 1 fully saturated rings. The molecular weight excluding hydrogens is 408 g/mol. The monoisotopic (exact) mass is 440 g/mol. The number of hydrogen-bond acceptors (Lipinski definition) is 7.